The van der Waals surface area contributed by atoms with Crippen LogP contribution in [0.3, 0.4) is 0 Å². The number of rotatable bonds is 14. The molecule has 1 atom stereocenters. The fourth-order valence-corrected chi connectivity index (χ4v) is 6.35. The number of hydrogen-bond donors (Lipinski definition) is 1. The third-order valence-corrected chi connectivity index (χ3v) is 9.13. The highest BCUT2D eigenvalue weighted by Crippen LogP contribution is 2.28. The highest BCUT2D eigenvalue weighted by molar-refractivity contribution is 7.92. The Kier molecular flexibility index (Phi) is 11.2. The molecule has 0 spiro atoms. The number of carbonyl (C=O) groups excluding carboxylic acids is 2. The predicted molar refractivity (Wildman–Crippen MR) is 175 cm³/mol. The minimum Gasteiger partial charge on any atom is -0.497 e. The van der Waals surface area contributed by atoms with E-state index in [1.54, 1.807) is 61.7 Å². The maximum Gasteiger partial charge on any atom is 0.264 e. The van der Waals surface area contributed by atoms with Crippen molar-refractivity contribution < 1.29 is 27.5 Å². The molecule has 0 aliphatic carbocycles. The summed E-state index contributed by atoms with van der Waals surface area (Å²) in [6, 6.07) is 28.7. The van der Waals surface area contributed by atoms with E-state index in [9.17, 15) is 18.0 Å². The molecule has 0 aromatic heterocycles. The highest BCUT2D eigenvalue weighted by atomic mass is 32.2. The van der Waals surface area contributed by atoms with E-state index in [1.807, 2.05) is 50.2 Å². The van der Waals surface area contributed by atoms with E-state index in [2.05, 4.69) is 5.32 Å². The van der Waals surface area contributed by atoms with Gasteiger partial charge in [0.15, 0.2) is 0 Å². The standard InChI is InChI=1S/C35H39N3O6S/c1-5-36-35(40)33(22-27-11-7-6-8-12-27)37(24-28-13-9-15-30(21-28)43-3)34(39)25-38(29-14-10-16-31(23-29)44-4)45(41,42)32-19-17-26(2)18-20-32/h6-21,23,33H,5,22,24-25H2,1-4H3,(H,36,40). The quantitative estimate of drug-likeness (QED) is 0.211. The molecule has 4 aromatic rings. The Labute approximate surface area is 265 Å². The number of nitrogens with one attached hydrogen (secondary N) is 1. The van der Waals surface area contributed by atoms with Crippen molar-refractivity contribution in [1.29, 1.82) is 0 Å². The van der Waals surface area contributed by atoms with Crippen molar-refractivity contribution in [2.45, 2.75) is 37.8 Å². The molecule has 0 aliphatic rings. The van der Waals surface area contributed by atoms with Gasteiger partial charge < -0.3 is 19.7 Å². The third-order valence-electron chi connectivity index (χ3n) is 7.34. The molecular formula is C35H39N3O6S. The largest absolute Gasteiger partial charge is 0.497 e. The van der Waals surface area contributed by atoms with Crippen LogP contribution in [0.25, 0.3) is 0 Å². The molecule has 0 saturated carbocycles. The summed E-state index contributed by atoms with van der Waals surface area (Å²) in [5.74, 6) is 0.134. The lowest BCUT2D eigenvalue weighted by atomic mass is 10.0. The first-order valence-corrected chi connectivity index (χ1v) is 16.1. The van der Waals surface area contributed by atoms with Crippen LogP contribution in [0, 0.1) is 6.92 Å². The van der Waals surface area contributed by atoms with Crippen molar-refractivity contribution in [3.05, 3.63) is 120 Å². The Morgan fingerprint density at radius 2 is 1.42 bits per heavy atom. The molecule has 45 heavy (non-hydrogen) atoms. The second kappa shape index (κ2) is 15.3. The van der Waals surface area contributed by atoms with E-state index in [1.165, 1.54) is 24.1 Å². The van der Waals surface area contributed by atoms with Gasteiger partial charge in [-0.25, -0.2) is 8.42 Å². The summed E-state index contributed by atoms with van der Waals surface area (Å²) in [5.41, 5.74) is 2.73. The summed E-state index contributed by atoms with van der Waals surface area (Å²) in [4.78, 5) is 29.6. The molecule has 1 N–H and O–H groups in total. The number of ether oxygens (including phenoxy) is 2. The van der Waals surface area contributed by atoms with Crippen LogP contribution in [-0.2, 0) is 32.6 Å². The maximum absolute atomic E-state index is 14.5. The summed E-state index contributed by atoms with van der Waals surface area (Å²) in [5, 5.41) is 2.87. The molecule has 9 nitrogen and oxygen atoms in total. The number of anilines is 1. The Morgan fingerprint density at radius 1 is 0.800 bits per heavy atom. The van der Waals surface area contributed by atoms with Gasteiger partial charge in [-0.3, -0.25) is 13.9 Å². The van der Waals surface area contributed by atoms with Gasteiger partial charge in [0.1, 0.15) is 24.1 Å². The Morgan fingerprint density at radius 3 is 2.07 bits per heavy atom. The van der Waals surface area contributed by atoms with Crippen LogP contribution in [0.4, 0.5) is 5.69 Å². The monoisotopic (exact) mass is 629 g/mol. The molecule has 0 heterocycles. The van der Waals surface area contributed by atoms with Gasteiger partial charge in [0.05, 0.1) is 24.8 Å². The summed E-state index contributed by atoms with van der Waals surface area (Å²) in [6.07, 6.45) is 0.228. The minimum atomic E-state index is -4.21. The van der Waals surface area contributed by atoms with Crippen LogP contribution in [0.1, 0.15) is 23.6 Å². The highest BCUT2D eigenvalue weighted by Gasteiger charge is 2.34. The number of amides is 2. The van der Waals surface area contributed by atoms with Crippen molar-refractivity contribution in [3.8, 4) is 11.5 Å². The van der Waals surface area contributed by atoms with Gasteiger partial charge in [-0.05, 0) is 61.4 Å². The van der Waals surface area contributed by atoms with Crippen molar-refractivity contribution in [1.82, 2.24) is 10.2 Å². The van der Waals surface area contributed by atoms with Gasteiger partial charge in [-0.15, -0.1) is 0 Å². The Hall–Kier alpha value is -4.83. The predicted octanol–water partition coefficient (Wildman–Crippen LogP) is 4.98. The van der Waals surface area contributed by atoms with Gasteiger partial charge >= 0.3 is 0 Å². The normalized spacial score (nSPS) is 11.7. The number of nitrogens with zero attached hydrogens (tertiary/aromatic N) is 2. The zero-order chi connectivity index (χ0) is 32.4. The Bertz CT molecular complexity index is 1690. The fourth-order valence-electron chi connectivity index (χ4n) is 4.95. The third kappa shape index (κ3) is 8.42. The minimum absolute atomic E-state index is 0.0348. The van der Waals surface area contributed by atoms with E-state index in [4.69, 9.17) is 9.47 Å². The van der Waals surface area contributed by atoms with E-state index in [-0.39, 0.29) is 29.5 Å². The maximum atomic E-state index is 14.5. The first kappa shape index (κ1) is 33.1. The van der Waals surface area contributed by atoms with Gasteiger partial charge in [0, 0.05) is 25.6 Å². The first-order chi connectivity index (χ1) is 21.7. The molecule has 4 rings (SSSR count). The fraction of sp³-hybridized carbons (Fsp3) is 0.257. The van der Waals surface area contributed by atoms with Crippen LogP contribution in [0.15, 0.2) is 108 Å². The van der Waals surface area contributed by atoms with E-state index < -0.39 is 28.5 Å². The van der Waals surface area contributed by atoms with Crippen LogP contribution < -0.4 is 19.1 Å². The molecule has 0 bridgehead atoms. The van der Waals surface area contributed by atoms with Crippen LogP contribution in [0.5, 0.6) is 11.5 Å². The van der Waals surface area contributed by atoms with E-state index >= 15 is 0 Å². The Balaban J connectivity index is 1.81. The molecule has 2 amide bonds. The summed E-state index contributed by atoms with van der Waals surface area (Å²) >= 11 is 0. The SMILES string of the molecule is CCNC(=O)C(Cc1ccccc1)N(Cc1cccc(OC)c1)C(=O)CN(c1cccc(OC)c1)S(=O)(=O)c1ccc(C)cc1. The number of methoxy groups -OCH3 is 2. The van der Waals surface area contributed by atoms with E-state index in [0.29, 0.717) is 18.0 Å². The number of benzene rings is 4. The van der Waals surface area contributed by atoms with Crippen LogP contribution in [0.2, 0.25) is 0 Å². The number of sulfonamides is 1. The van der Waals surface area contributed by atoms with Crippen LogP contribution in [-0.4, -0.2) is 58.5 Å². The summed E-state index contributed by atoms with van der Waals surface area (Å²) in [6.45, 7) is 3.52. The molecule has 0 fully saturated rings. The van der Waals surface area contributed by atoms with Gasteiger partial charge in [0.25, 0.3) is 10.0 Å². The zero-order valence-corrected chi connectivity index (χ0v) is 26.8. The molecular weight excluding hydrogens is 590 g/mol. The summed E-state index contributed by atoms with van der Waals surface area (Å²) < 4.78 is 40.2. The number of carbonyl (C=O) groups is 2. The molecule has 10 heteroatoms. The van der Waals surface area contributed by atoms with Gasteiger partial charge in [0.2, 0.25) is 11.8 Å². The van der Waals surface area contributed by atoms with E-state index in [0.717, 1.165) is 21.0 Å². The number of likely N-dealkylation sites (N-methyl/N-ethyl adjacent to an activating group) is 1. The topological polar surface area (TPSA) is 105 Å². The zero-order valence-electron chi connectivity index (χ0n) is 26.0. The van der Waals surface area contributed by atoms with Crippen LogP contribution >= 0.6 is 0 Å². The smallest absolute Gasteiger partial charge is 0.264 e. The second-order valence-electron chi connectivity index (χ2n) is 10.5. The van der Waals surface area contributed by atoms with Crippen molar-refractivity contribution in [2.75, 3.05) is 31.6 Å². The molecule has 0 aliphatic heterocycles. The van der Waals surface area contributed by atoms with Crippen molar-refractivity contribution >= 4 is 27.5 Å². The molecule has 4 aromatic carbocycles. The van der Waals surface area contributed by atoms with Gasteiger partial charge in [-0.1, -0.05) is 66.2 Å². The second-order valence-corrected chi connectivity index (χ2v) is 12.4. The first-order valence-electron chi connectivity index (χ1n) is 14.6. The number of aryl methyl sites for hydroxylation is 1. The number of hydrogen-bond acceptors (Lipinski definition) is 6. The summed E-state index contributed by atoms with van der Waals surface area (Å²) in [7, 11) is -1.18. The average molecular weight is 630 g/mol. The van der Waals surface area contributed by atoms with Crippen molar-refractivity contribution in [2.24, 2.45) is 0 Å². The lowest BCUT2D eigenvalue weighted by Gasteiger charge is -2.34. The molecule has 1 unspecified atom stereocenters. The lowest BCUT2D eigenvalue weighted by Crippen LogP contribution is -2.53. The lowest BCUT2D eigenvalue weighted by molar-refractivity contribution is -0.140. The van der Waals surface area contributed by atoms with Gasteiger partial charge in [-0.2, -0.15) is 0 Å². The average Bonchev–Trinajstić information content (AvgIpc) is 3.05. The molecule has 236 valence electrons. The van der Waals surface area contributed by atoms with Crippen molar-refractivity contribution in [3.63, 3.8) is 0 Å². The molecule has 0 radical (unpaired) electrons. The molecule has 0 saturated heterocycles.